The Balaban J connectivity index is 0. The third kappa shape index (κ3) is 5.75. The number of rotatable bonds is 2. The van der Waals surface area contributed by atoms with Gasteiger partial charge in [-0.3, -0.25) is 0 Å². The molecule has 1 rings (SSSR count). The molecule has 0 unspecified atom stereocenters. The molecule has 1 aromatic carbocycles. The highest BCUT2D eigenvalue weighted by Crippen LogP contribution is 2.20. The van der Waals surface area contributed by atoms with Crippen molar-refractivity contribution in [3.8, 4) is 0 Å². The Morgan fingerprint density at radius 1 is 1.06 bits per heavy atom. The first-order chi connectivity index (χ1) is 7.79. The van der Waals surface area contributed by atoms with Gasteiger partial charge in [0.15, 0.2) is 0 Å². The van der Waals surface area contributed by atoms with E-state index in [4.69, 9.17) is 0 Å². The quantitative estimate of drug-likeness (QED) is 0.585. The molecule has 0 aliphatic carbocycles. The monoisotopic (exact) mass is 220 g/mol. The molecule has 0 saturated carbocycles. The van der Waals surface area contributed by atoms with Gasteiger partial charge >= 0.3 is 0 Å². The van der Waals surface area contributed by atoms with E-state index >= 15 is 0 Å². The van der Waals surface area contributed by atoms with Gasteiger partial charge in [-0.1, -0.05) is 65.0 Å². The molecule has 0 aliphatic heterocycles. The molecule has 0 spiro atoms. The molecule has 0 radical (unpaired) electrons. The smallest absolute Gasteiger partial charge is 0.0199 e. The zero-order valence-corrected chi connectivity index (χ0v) is 12.1. The minimum absolute atomic E-state index is 1.11. The van der Waals surface area contributed by atoms with Crippen LogP contribution in [0.2, 0.25) is 0 Å². The van der Waals surface area contributed by atoms with E-state index in [1.165, 1.54) is 16.7 Å². The van der Waals surface area contributed by atoms with Crippen LogP contribution in [0.3, 0.4) is 0 Å². The van der Waals surface area contributed by atoms with Crippen LogP contribution in [0.4, 0.5) is 0 Å². The van der Waals surface area contributed by atoms with Crippen LogP contribution in [0, 0.1) is 6.92 Å². The Kier molecular flexibility index (Phi) is 13.1. The van der Waals surface area contributed by atoms with E-state index in [0.29, 0.717) is 0 Å². The first-order valence-electron chi connectivity index (χ1n) is 6.50. The second kappa shape index (κ2) is 12.0. The van der Waals surface area contributed by atoms with Crippen molar-refractivity contribution in [1.82, 2.24) is 0 Å². The fourth-order valence-electron chi connectivity index (χ4n) is 1.48. The van der Waals surface area contributed by atoms with E-state index in [9.17, 15) is 0 Å². The molecule has 0 saturated heterocycles. The highest BCUT2D eigenvalue weighted by atomic mass is 14.0. The molecule has 92 valence electrons. The standard InChI is InChI=1S/C12H16.2C2H6/c1-4-11(5-2)12-9-7-6-8-10(12)3;2*1-2/h4,6-9H,5H2,1-3H3;2*1-2H3/b11-4-;;. The predicted octanol–water partition coefficient (Wildman–Crippen LogP) is 5.86. The van der Waals surface area contributed by atoms with Gasteiger partial charge in [-0.15, -0.1) is 0 Å². The maximum atomic E-state index is 2.20. The van der Waals surface area contributed by atoms with Gasteiger partial charge in [-0.2, -0.15) is 0 Å². The predicted molar refractivity (Wildman–Crippen MR) is 77.8 cm³/mol. The summed E-state index contributed by atoms with van der Waals surface area (Å²) >= 11 is 0. The van der Waals surface area contributed by atoms with E-state index in [2.05, 4.69) is 51.1 Å². The molecule has 16 heavy (non-hydrogen) atoms. The summed E-state index contributed by atoms with van der Waals surface area (Å²) in [7, 11) is 0. The number of allylic oxidation sites excluding steroid dienone is 2. The van der Waals surface area contributed by atoms with Gasteiger partial charge in [0, 0.05) is 0 Å². The molecule has 0 amide bonds. The molecule has 0 atom stereocenters. The molecule has 0 nitrogen and oxygen atoms in total. The SMILES string of the molecule is C/C=C(/CC)c1ccccc1C.CC.CC. The number of hydrogen-bond acceptors (Lipinski definition) is 0. The Bertz CT molecular complexity index is 282. The average molecular weight is 220 g/mol. The molecular weight excluding hydrogens is 192 g/mol. The maximum absolute atomic E-state index is 2.20. The lowest BCUT2D eigenvalue weighted by atomic mass is 9.99. The Morgan fingerprint density at radius 3 is 1.94 bits per heavy atom. The van der Waals surface area contributed by atoms with Crippen LogP contribution in [-0.4, -0.2) is 0 Å². The zero-order chi connectivity index (χ0) is 13.0. The van der Waals surface area contributed by atoms with Gasteiger partial charge in [-0.25, -0.2) is 0 Å². The van der Waals surface area contributed by atoms with Crippen LogP contribution in [-0.2, 0) is 0 Å². The van der Waals surface area contributed by atoms with Gasteiger partial charge in [0.2, 0.25) is 0 Å². The minimum atomic E-state index is 1.11. The maximum Gasteiger partial charge on any atom is -0.0199 e. The molecule has 0 fully saturated rings. The summed E-state index contributed by atoms with van der Waals surface area (Å²) in [5.74, 6) is 0. The van der Waals surface area contributed by atoms with E-state index in [-0.39, 0.29) is 0 Å². The van der Waals surface area contributed by atoms with Gasteiger partial charge in [0.25, 0.3) is 0 Å². The van der Waals surface area contributed by atoms with Crippen LogP contribution in [0.5, 0.6) is 0 Å². The molecule has 0 N–H and O–H groups in total. The highest BCUT2D eigenvalue weighted by molar-refractivity contribution is 5.67. The minimum Gasteiger partial charge on any atom is -0.0838 e. The van der Waals surface area contributed by atoms with Crippen molar-refractivity contribution >= 4 is 5.57 Å². The normalized spacial score (nSPS) is 9.56. The lowest BCUT2D eigenvalue weighted by molar-refractivity contribution is 1.22. The van der Waals surface area contributed by atoms with Crippen molar-refractivity contribution in [2.75, 3.05) is 0 Å². The molecule has 0 heteroatoms. The molecular formula is C16H28. The van der Waals surface area contributed by atoms with Crippen LogP contribution in [0.1, 0.15) is 59.1 Å². The molecule has 0 aliphatic rings. The van der Waals surface area contributed by atoms with Crippen molar-refractivity contribution in [3.05, 3.63) is 41.5 Å². The Labute approximate surface area is 102 Å². The summed E-state index contributed by atoms with van der Waals surface area (Å²) < 4.78 is 0. The first kappa shape index (κ1) is 17.4. The largest absolute Gasteiger partial charge is 0.0838 e. The number of hydrogen-bond donors (Lipinski definition) is 0. The van der Waals surface area contributed by atoms with E-state index in [1.807, 2.05) is 27.7 Å². The lowest BCUT2D eigenvalue weighted by Gasteiger charge is -2.07. The van der Waals surface area contributed by atoms with Crippen molar-refractivity contribution in [2.24, 2.45) is 0 Å². The number of aryl methyl sites for hydroxylation is 1. The van der Waals surface area contributed by atoms with Gasteiger partial charge in [0.1, 0.15) is 0 Å². The summed E-state index contributed by atoms with van der Waals surface area (Å²) in [4.78, 5) is 0. The van der Waals surface area contributed by atoms with E-state index in [1.54, 1.807) is 0 Å². The van der Waals surface area contributed by atoms with Gasteiger partial charge in [0.05, 0.1) is 0 Å². The fourth-order valence-corrected chi connectivity index (χ4v) is 1.48. The van der Waals surface area contributed by atoms with Crippen molar-refractivity contribution in [2.45, 2.75) is 54.9 Å². The van der Waals surface area contributed by atoms with Crippen LogP contribution in [0.15, 0.2) is 30.3 Å². The van der Waals surface area contributed by atoms with E-state index < -0.39 is 0 Å². The van der Waals surface area contributed by atoms with Crippen molar-refractivity contribution in [1.29, 1.82) is 0 Å². The molecule has 0 aromatic heterocycles. The van der Waals surface area contributed by atoms with E-state index in [0.717, 1.165) is 6.42 Å². The van der Waals surface area contributed by atoms with Crippen LogP contribution >= 0.6 is 0 Å². The third-order valence-electron chi connectivity index (χ3n) is 2.22. The Morgan fingerprint density at radius 2 is 1.56 bits per heavy atom. The summed E-state index contributed by atoms with van der Waals surface area (Å²) in [6, 6.07) is 8.53. The Hall–Kier alpha value is -1.04. The lowest BCUT2D eigenvalue weighted by Crippen LogP contribution is -1.86. The van der Waals surface area contributed by atoms with Crippen molar-refractivity contribution in [3.63, 3.8) is 0 Å². The zero-order valence-electron chi connectivity index (χ0n) is 12.1. The molecule has 0 bridgehead atoms. The second-order valence-corrected chi connectivity index (χ2v) is 2.98. The highest BCUT2D eigenvalue weighted by Gasteiger charge is 1.99. The van der Waals surface area contributed by atoms with Crippen molar-refractivity contribution < 1.29 is 0 Å². The first-order valence-corrected chi connectivity index (χ1v) is 6.50. The second-order valence-electron chi connectivity index (χ2n) is 2.98. The average Bonchev–Trinajstić information content (AvgIpc) is 2.38. The summed E-state index contributed by atoms with van der Waals surface area (Å²) in [5, 5.41) is 0. The van der Waals surface area contributed by atoms with Crippen LogP contribution < -0.4 is 0 Å². The van der Waals surface area contributed by atoms with Crippen LogP contribution in [0.25, 0.3) is 5.57 Å². The summed E-state index contributed by atoms with van der Waals surface area (Å²) in [6.45, 7) is 14.5. The van der Waals surface area contributed by atoms with Gasteiger partial charge < -0.3 is 0 Å². The topological polar surface area (TPSA) is 0 Å². The van der Waals surface area contributed by atoms with Gasteiger partial charge in [-0.05, 0) is 37.0 Å². The molecule has 1 aromatic rings. The number of benzene rings is 1. The summed E-state index contributed by atoms with van der Waals surface area (Å²) in [5.41, 5.74) is 4.20. The summed E-state index contributed by atoms with van der Waals surface area (Å²) in [6.07, 6.45) is 3.31. The fraction of sp³-hybridized carbons (Fsp3) is 0.500. The third-order valence-corrected chi connectivity index (χ3v) is 2.22. The molecule has 0 heterocycles.